The van der Waals surface area contributed by atoms with Crippen LogP contribution in [0.1, 0.15) is 43.4 Å². The minimum Gasteiger partial charge on any atom is -0.349 e. The molecular weight excluding hydrogens is 420 g/mol. The number of nitrogens with zero attached hydrogens (tertiary/aromatic N) is 1. The van der Waals surface area contributed by atoms with E-state index >= 15 is 0 Å². The maximum absolute atomic E-state index is 12.8. The molecule has 0 aliphatic carbocycles. The Labute approximate surface area is 184 Å². The van der Waals surface area contributed by atoms with E-state index < -0.39 is 9.84 Å². The van der Waals surface area contributed by atoms with Crippen molar-refractivity contribution in [1.82, 2.24) is 10.2 Å². The molecule has 1 N–H and O–H groups in total. The first-order valence-electron chi connectivity index (χ1n) is 10.3. The van der Waals surface area contributed by atoms with Crippen LogP contribution in [0.5, 0.6) is 0 Å². The zero-order valence-electron chi connectivity index (χ0n) is 17.5. The van der Waals surface area contributed by atoms with Crippen LogP contribution in [0.2, 0.25) is 5.02 Å². The second-order valence-electron chi connectivity index (χ2n) is 7.99. The molecule has 1 heterocycles. The highest BCUT2D eigenvalue weighted by molar-refractivity contribution is 7.90. The predicted octanol–water partition coefficient (Wildman–Crippen LogP) is 4.22. The molecule has 5 nitrogen and oxygen atoms in total. The second kappa shape index (κ2) is 9.94. The number of carbonyl (C=O) groups is 1. The van der Waals surface area contributed by atoms with Gasteiger partial charge in [0.15, 0.2) is 9.84 Å². The Bertz CT molecular complexity index is 951. The number of benzene rings is 2. The lowest BCUT2D eigenvalue weighted by molar-refractivity contribution is -0.127. The summed E-state index contributed by atoms with van der Waals surface area (Å²) in [5.41, 5.74) is 2.16. The molecule has 0 unspecified atom stereocenters. The molecule has 1 amide bonds. The van der Waals surface area contributed by atoms with Gasteiger partial charge in [0, 0.05) is 23.7 Å². The molecule has 1 aliphatic heterocycles. The zero-order valence-corrected chi connectivity index (χ0v) is 19.0. The Kier molecular flexibility index (Phi) is 7.55. The lowest BCUT2D eigenvalue weighted by atomic mass is 9.94. The highest BCUT2D eigenvalue weighted by Crippen LogP contribution is 2.23. The third kappa shape index (κ3) is 6.06. The molecule has 7 heteroatoms. The van der Waals surface area contributed by atoms with Crippen LogP contribution in [0.15, 0.2) is 53.4 Å². The van der Waals surface area contributed by atoms with Crippen LogP contribution in [0.25, 0.3) is 0 Å². The van der Waals surface area contributed by atoms with Crippen molar-refractivity contribution >= 4 is 27.3 Å². The number of rotatable bonds is 7. The number of hydrogen-bond acceptors (Lipinski definition) is 4. The van der Waals surface area contributed by atoms with Crippen molar-refractivity contribution in [3.05, 3.63) is 64.7 Å². The van der Waals surface area contributed by atoms with E-state index in [0.717, 1.165) is 49.5 Å². The first-order chi connectivity index (χ1) is 14.3. The van der Waals surface area contributed by atoms with Gasteiger partial charge < -0.3 is 5.32 Å². The highest BCUT2D eigenvalue weighted by atomic mass is 35.5. The van der Waals surface area contributed by atoms with Gasteiger partial charge in [-0.05, 0) is 67.7 Å². The van der Waals surface area contributed by atoms with E-state index in [4.69, 9.17) is 11.6 Å². The van der Waals surface area contributed by atoms with E-state index in [1.54, 1.807) is 24.3 Å². The molecule has 0 radical (unpaired) electrons. The molecular formula is C23H29ClN2O3S. The van der Waals surface area contributed by atoms with Crippen molar-refractivity contribution in [2.45, 2.75) is 43.7 Å². The highest BCUT2D eigenvalue weighted by Gasteiger charge is 2.26. The number of sulfone groups is 1. The first-order valence-corrected chi connectivity index (χ1v) is 12.6. The monoisotopic (exact) mass is 448 g/mol. The van der Waals surface area contributed by atoms with E-state index in [1.165, 1.54) is 11.8 Å². The maximum atomic E-state index is 12.8. The van der Waals surface area contributed by atoms with Gasteiger partial charge in [-0.15, -0.1) is 0 Å². The van der Waals surface area contributed by atoms with Crippen LogP contribution < -0.4 is 5.32 Å². The van der Waals surface area contributed by atoms with E-state index in [1.807, 2.05) is 31.2 Å². The fourth-order valence-corrected chi connectivity index (χ4v) is 4.62. The van der Waals surface area contributed by atoms with Crippen molar-refractivity contribution in [2.75, 3.05) is 19.3 Å². The van der Waals surface area contributed by atoms with Crippen LogP contribution in [-0.4, -0.2) is 38.6 Å². The van der Waals surface area contributed by atoms with Gasteiger partial charge in [-0.1, -0.05) is 42.8 Å². The average molecular weight is 449 g/mol. The Morgan fingerprint density at radius 1 is 1.10 bits per heavy atom. The topological polar surface area (TPSA) is 66.5 Å². The fourth-order valence-electron chi connectivity index (χ4n) is 3.86. The van der Waals surface area contributed by atoms with Gasteiger partial charge in [0.1, 0.15) is 0 Å². The quantitative estimate of drug-likeness (QED) is 0.688. The van der Waals surface area contributed by atoms with Gasteiger partial charge in [0.05, 0.1) is 10.9 Å². The van der Waals surface area contributed by atoms with Crippen molar-refractivity contribution in [2.24, 2.45) is 5.92 Å². The Morgan fingerprint density at radius 2 is 1.70 bits per heavy atom. The summed E-state index contributed by atoms with van der Waals surface area (Å²) in [6.07, 6.45) is 3.62. The molecule has 3 rings (SSSR count). The smallest absolute Gasteiger partial charge is 0.223 e. The van der Waals surface area contributed by atoms with Crippen molar-refractivity contribution in [1.29, 1.82) is 0 Å². The third-order valence-electron chi connectivity index (χ3n) is 5.71. The summed E-state index contributed by atoms with van der Waals surface area (Å²) >= 11 is 5.95. The van der Waals surface area contributed by atoms with Crippen LogP contribution in [0.4, 0.5) is 0 Å². The van der Waals surface area contributed by atoms with E-state index in [-0.39, 0.29) is 17.9 Å². The molecule has 0 spiro atoms. The summed E-state index contributed by atoms with van der Waals surface area (Å²) in [6.45, 7) is 4.67. The number of carbonyl (C=O) groups excluding carboxylic acids is 1. The van der Waals surface area contributed by atoms with Crippen LogP contribution in [0.3, 0.4) is 0 Å². The second-order valence-corrected chi connectivity index (χ2v) is 10.4. The van der Waals surface area contributed by atoms with Gasteiger partial charge in [-0.25, -0.2) is 8.42 Å². The summed E-state index contributed by atoms with van der Waals surface area (Å²) in [5.74, 6) is 0.0935. The van der Waals surface area contributed by atoms with Gasteiger partial charge >= 0.3 is 0 Å². The molecule has 2 aromatic carbocycles. The van der Waals surface area contributed by atoms with Crippen LogP contribution >= 0.6 is 11.6 Å². The average Bonchev–Trinajstić information content (AvgIpc) is 2.73. The number of likely N-dealkylation sites (tertiary alicyclic amines) is 1. The Hall–Kier alpha value is -1.89. The molecule has 162 valence electrons. The summed E-state index contributed by atoms with van der Waals surface area (Å²) in [7, 11) is -3.22. The molecule has 30 heavy (non-hydrogen) atoms. The van der Waals surface area contributed by atoms with Crippen LogP contribution in [-0.2, 0) is 21.2 Å². The van der Waals surface area contributed by atoms with Gasteiger partial charge in [-0.2, -0.15) is 0 Å². The minimum absolute atomic E-state index is 0.0100. The van der Waals surface area contributed by atoms with Crippen molar-refractivity contribution in [3.63, 3.8) is 0 Å². The number of piperidine rings is 1. The number of nitrogens with one attached hydrogen (secondary N) is 1. The fraction of sp³-hybridized carbons (Fsp3) is 0.435. The molecule has 1 fully saturated rings. The van der Waals surface area contributed by atoms with Crippen LogP contribution in [0, 0.1) is 5.92 Å². The molecule has 0 saturated carbocycles. The van der Waals surface area contributed by atoms with E-state index in [2.05, 4.69) is 10.2 Å². The number of halogens is 1. The molecule has 0 bridgehead atoms. The predicted molar refractivity (Wildman–Crippen MR) is 120 cm³/mol. The Balaban J connectivity index is 1.53. The molecule has 1 atom stereocenters. The largest absolute Gasteiger partial charge is 0.349 e. The summed E-state index contributed by atoms with van der Waals surface area (Å²) in [6, 6.07) is 14.6. The van der Waals surface area contributed by atoms with Gasteiger partial charge in [0.25, 0.3) is 0 Å². The summed E-state index contributed by atoms with van der Waals surface area (Å²) in [4.78, 5) is 15.5. The number of amides is 1. The molecule has 0 aromatic heterocycles. The maximum Gasteiger partial charge on any atom is 0.223 e. The number of hydrogen-bond donors (Lipinski definition) is 1. The zero-order chi connectivity index (χ0) is 21.7. The minimum atomic E-state index is -3.22. The first kappa shape index (κ1) is 22.8. The van der Waals surface area contributed by atoms with E-state index in [0.29, 0.717) is 4.90 Å². The lowest BCUT2D eigenvalue weighted by Gasteiger charge is -2.32. The molecule has 1 aliphatic rings. The standard InChI is InChI=1S/C23H29ClN2O3S/c1-3-22(18-6-10-21(11-7-18)30(2,28)29)25-23(27)19-12-14-26(15-13-19)16-17-4-8-20(24)9-5-17/h4-11,19,22H,3,12-16H2,1-2H3,(H,25,27)/t22-/m1/s1. The lowest BCUT2D eigenvalue weighted by Crippen LogP contribution is -2.41. The van der Waals surface area contributed by atoms with Gasteiger partial charge in [0.2, 0.25) is 5.91 Å². The van der Waals surface area contributed by atoms with Crippen molar-refractivity contribution in [3.8, 4) is 0 Å². The Morgan fingerprint density at radius 3 is 2.23 bits per heavy atom. The van der Waals surface area contributed by atoms with Crippen molar-refractivity contribution < 1.29 is 13.2 Å². The normalized spacial score (nSPS) is 16.9. The summed E-state index contributed by atoms with van der Waals surface area (Å²) < 4.78 is 23.3. The van der Waals surface area contributed by atoms with E-state index in [9.17, 15) is 13.2 Å². The van der Waals surface area contributed by atoms with Gasteiger partial charge in [-0.3, -0.25) is 9.69 Å². The molecule has 1 saturated heterocycles. The SMILES string of the molecule is CC[C@@H](NC(=O)C1CCN(Cc2ccc(Cl)cc2)CC1)c1ccc(S(C)(=O)=O)cc1. The molecule has 2 aromatic rings. The third-order valence-corrected chi connectivity index (χ3v) is 7.09. The summed E-state index contributed by atoms with van der Waals surface area (Å²) in [5, 5.41) is 3.90.